The highest BCUT2D eigenvalue weighted by Crippen LogP contribution is 2.18. The predicted octanol–water partition coefficient (Wildman–Crippen LogP) is 1.94. The smallest absolute Gasteiger partial charge is 0.241 e. The van der Waals surface area contributed by atoms with E-state index in [2.05, 4.69) is 10.1 Å². The molecule has 2 aromatic rings. The van der Waals surface area contributed by atoms with Gasteiger partial charge in [-0.2, -0.15) is 4.98 Å². The molecule has 0 radical (unpaired) electrons. The SMILES string of the molecule is CN(Cc1nc(-c2ccccc2)no1)C(C)(C)CO. The van der Waals surface area contributed by atoms with E-state index in [0.29, 0.717) is 18.3 Å². The highest BCUT2D eigenvalue weighted by molar-refractivity contribution is 5.53. The summed E-state index contributed by atoms with van der Waals surface area (Å²) < 4.78 is 5.24. The fourth-order valence-electron chi connectivity index (χ4n) is 1.56. The Labute approximate surface area is 112 Å². The minimum Gasteiger partial charge on any atom is -0.394 e. The average molecular weight is 261 g/mol. The van der Waals surface area contributed by atoms with Gasteiger partial charge in [0.15, 0.2) is 0 Å². The van der Waals surface area contributed by atoms with E-state index in [-0.39, 0.29) is 12.1 Å². The molecule has 19 heavy (non-hydrogen) atoms. The zero-order valence-corrected chi connectivity index (χ0v) is 11.5. The zero-order valence-electron chi connectivity index (χ0n) is 11.5. The third kappa shape index (κ3) is 3.19. The average Bonchev–Trinajstić information content (AvgIpc) is 2.88. The first kappa shape index (κ1) is 13.7. The molecule has 1 aromatic heterocycles. The topological polar surface area (TPSA) is 62.4 Å². The summed E-state index contributed by atoms with van der Waals surface area (Å²) in [5.41, 5.74) is 0.614. The molecule has 1 aromatic carbocycles. The van der Waals surface area contributed by atoms with Crippen molar-refractivity contribution in [3.05, 3.63) is 36.2 Å². The molecule has 0 fully saturated rings. The maximum atomic E-state index is 9.32. The number of hydrogen-bond donors (Lipinski definition) is 1. The molecule has 0 spiro atoms. The highest BCUT2D eigenvalue weighted by Gasteiger charge is 2.24. The summed E-state index contributed by atoms with van der Waals surface area (Å²) in [6.07, 6.45) is 0. The number of aliphatic hydroxyl groups excluding tert-OH is 1. The second-order valence-corrected chi connectivity index (χ2v) is 5.20. The molecule has 0 aliphatic carbocycles. The molecule has 0 unspecified atom stereocenters. The van der Waals surface area contributed by atoms with E-state index in [0.717, 1.165) is 5.56 Å². The van der Waals surface area contributed by atoms with Gasteiger partial charge in [-0.3, -0.25) is 4.90 Å². The summed E-state index contributed by atoms with van der Waals surface area (Å²) in [5.74, 6) is 1.13. The first-order valence-electron chi connectivity index (χ1n) is 6.23. The third-order valence-corrected chi connectivity index (χ3v) is 3.29. The molecular weight excluding hydrogens is 242 g/mol. The van der Waals surface area contributed by atoms with Crippen molar-refractivity contribution in [1.29, 1.82) is 0 Å². The van der Waals surface area contributed by atoms with Crippen LogP contribution in [0.5, 0.6) is 0 Å². The van der Waals surface area contributed by atoms with E-state index in [1.807, 2.05) is 56.1 Å². The third-order valence-electron chi connectivity index (χ3n) is 3.29. The Morgan fingerprint density at radius 2 is 1.95 bits per heavy atom. The van der Waals surface area contributed by atoms with Crippen molar-refractivity contribution in [2.24, 2.45) is 0 Å². The molecule has 0 aliphatic rings. The summed E-state index contributed by atoms with van der Waals surface area (Å²) in [5, 5.41) is 13.3. The van der Waals surface area contributed by atoms with Crippen LogP contribution >= 0.6 is 0 Å². The van der Waals surface area contributed by atoms with Crippen LogP contribution in [0.1, 0.15) is 19.7 Å². The van der Waals surface area contributed by atoms with Crippen LogP contribution in [-0.2, 0) is 6.54 Å². The number of hydrogen-bond acceptors (Lipinski definition) is 5. The fraction of sp³-hybridized carbons (Fsp3) is 0.429. The number of nitrogens with zero attached hydrogens (tertiary/aromatic N) is 3. The van der Waals surface area contributed by atoms with Crippen LogP contribution in [0.4, 0.5) is 0 Å². The number of aliphatic hydroxyl groups is 1. The Hall–Kier alpha value is -1.72. The van der Waals surface area contributed by atoms with E-state index in [1.165, 1.54) is 0 Å². The molecule has 1 heterocycles. The van der Waals surface area contributed by atoms with Crippen LogP contribution in [0.15, 0.2) is 34.9 Å². The summed E-state index contributed by atoms with van der Waals surface area (Å²) in [6, 6.07) is 9.70. The lowest BCUT2D eigenvalue weighted by atomic mass is 10.1. The maximum absolute atomic E-state index is 9.32. The molecule has 0 bridgehead atoms. The lowest BCUT2D eigenvalue weighted by Gasteiger charge is -2.32. The molecule has 5 heteroatoms. The van der Waals surface area contributed by atoms with Gasteiger partial charge in [-0.15, -0.1) is 0 Å². The monoisotopic (exact) mass is 261 g/mol. The van der Waals surface area contributed by atoms with Crippen molar-refractivity contribution in [2.75, 3.05) is 13.7 Å². The molecule has 0 amide bonds. The van der Waals surface area contributed by atoms with Gasteiger partial charge in [0, 0.05) is 11.1 Å². The van der Waals surface area contributed by atoms with E-state index in [1.54, 1.807) is 0 Å². The predicted molar refractivity (Wildman–Crippen MR) is 72.4 cm³/mol. The Kier molecular flexibility index (Phi) is 3.97. The first-order chi connectivity index (χ1) is 9.03. The van der Waals surface area contributed by atoms with Crippen molar-refractivity contribution in [3.63, 3.8) is 0 Å². The number of aromatic nitrogens is 2. The minimum absolute atomic E-state index is 0.0726. The van der Waals surface area contributed by atoms with Gasteiger partial charge in [0.05, 0.1) is 13.2 Å². The summed E-state index contributed by atoms with van der Waals surface area (Å²) in [4.78, 5) is 6.35. The number of benzene rings is 1. The van der Waals surface area contributed by atoms with Gasteiger partial charge >= 0.3 is 0 Å². The molecule has 2 rings (SSSR count). The van der Waals surface area contributed by atoms with Gasteiger partial charge in [-0.05, 0) is 20.9 Å². The summed E-state index contributed by atoms with van der Waals surface area (Å²) >= 11 is 0. The highest BCUT2D eigenvalue weighted by atomic mass is 16.5. The van der Waals surface area contributed by atoms with Crippen molar-refractivity contribution in [2.45, 2.75) is 25.9 Å². The van der Waals surface area contributed by atoms with Gasteiger partial charge in [-0.25, -0.2) is 0 Å². The van der Waals surface area contributed by atoms with Crippen LogP contribution in [0.2, 0.25) is 0 Å². The van der Waals surface area contributed by atoms with Crippen LogP contribution in [0, 0.1) is 0 Å². The normalized spacial score (nSPS) is 12.1. The Morgan fingerprint density at radius 3 is 2.58 bits per heavy atom. The Morgan fingerprint density at radius 1 is 1.26 bits per heavy atom. The number of rotatable bonds is 5. The van der Waals surface area contributed by atoms with Crippen molar-refractivity contribution >= 4 is 0 Å². The molecule has 0 aliphatic heterocycles. The van der Waals surface area contributed by atoms with E-state index in [4.69, 9.17) is 4.52 Å². The number of likely N-dealkylation sites (N-methyl/N-ethyl adjacent to an activating group) is 1. The lowest BCUT2D eigenvalue weighted by Crippen LogP contribution is -2.43. The standard InChI is InChI=1S/C14H19N3O2/c1-14(2,10-18)17(3)9-12-15-13(16-19-12)11-7-5-4-6-8-11/h4-8,18H,9-10H2,1-3H3. The molecule has 0 saturated heterocycles. The second-order valence-electron chi connectivity index (χ2n) is 5.20. The minimum atomic E-state index is -0.318. The molecule has 102 valence electrons. The van der Waals surface area contributed by atoms with Crippen LogP contribution in [-0.4, -0.2) is 39.3 Å². The quantitative estimate of drug-likeness (QED) is 0.891. The largest absolute Gasteiger partial charge is 0.394 e. The second kappa shape index (κ2) is 5.50. The molecule has 5 nitrogen and oxygen atoms in total. The van der Waals surface area contributed by atoms with Crippen LogP contribution in [0.3, 0.4) is 0 Å². The molecule has 0 atom stereocenters. The van der Waals surface area contributed by atoms with Gasteiger partial charge in [0.2, 0.25) is 11.7 Å². The Bertz CT molecular complexity index is 522. The lowest BCUT2D eigenvalue weighted by molar-refractivity contribution is 0.0652. The van der Waals surface area contributed by atoms with Crippen molar-refractivity contribution in [1.82, 2.24) is 15.0 Å². The summed E-state index contributed by atoms with van der Waals surface area (Å²) in [7, 11) is 1.92. The van der Waals surface area contributed by atoms with E-state index in [9.17, 15) is 5.11 Å². The maximum Gasteiger partial charge on any atom is 0.241 e. The van der Waals surface area contributed by atoms with Gasteiger partial charge in [0.1, 0.15) is 0 Å². The van der Waals surface area contributed by atoms with Crippen molar-refractivity contribution < 1.29 is 9.63 Å². The van der Waals surface area contributed by atoms with E-state index < -0.39 is 0 Å². The molecule has 0 saturated carbocycles. The molecular formula is C14H19N3O2. The van der Waals surface area contributed by atoms with Crippen LogP contribution in [0.25, 0.3) is 11.4 Å². The van der Waals surface area contributed by atoms with Gasteiger partial charge in [0.25, 0.3) is 0 Å². The van der Waals surface area contributed by atoms with Gasteiger partial charge < -0.3 is 9.63 Å². The van der Waals surface area contributed by atoms with Gasteiger partial charge in [-0.1, -0.05) is 35.5 Å². The van der Waals surface area contributed by atoms with E-state index >= 15 is 0 Å². The fourth-order valence-corrected chi connectivity index (χ4v) is 1.56. The van der Waals surface area contributed by atoms with Crippen molar-refractivity contribution in [3.8, 4) is 11.4 Å². The molecule has 1 N–H and O–H groups in total. The Balaban J connectivity index is 2.10. The van der Waals surface area contributed by atoms with Crippen LogP contribution < -0.4 is 0 Å². The first-order valence-corrected chi connectivity index (χ1v) is 6.23. The summed E-state index contributed by atoms with van der Waals surface area (Å²) in [6.45, 7) is 4.50. The zero-order chi connectivity index (χ0) is 13.9.